The topological polar surface area (TPSA) is 63.2 Å². The molecule has 275 valence electrons. The van der Waals surface area contributed by atoms with E-state index in [1.807, 2.05) is 48.8 Å². The van der Waals surface area contributed by atoms with E-state index in [1.165, 1.54) is 22.3 Å². The monoisotopic (exact) mass is 726 g/mol. The van der Waals surface area contributed by atoms with Crippen molar-refractivity contribution in [2.24, 2.45) is 0 Å². The minimum atomic E-state index is 0.243. The zero-order valence-corrected chi connectivity index (χ0v) is 32.5. The maximum atomic E-state index is 6.87. The van der Waals surface area contributed by atoms with Gasteiger partial charge in [0.15, 0.2) is 52.3 Å². The molecule has 55 heavy (non-hydrogen) atoms. The van der Waals surface area contributed by atoms with Crippen molar-refractivity contribution >= 4 is 40.1 Å². The van der Waals surface area contributed by atoms with Gasteiger partial charge in [0.05, 0.1) is 11.4 Å². The highest BCUT2D eigenvalue weighted by Crippen LogP contribution is 2.67. The number of aromatic nitrogens is 2. The second kappa shape index (κ2) is 12.2. The van der Waals surface area contributed by atoms with Gasteiger partial charge in [-0.3, -0.25) is 14.7 Å². The summed E-state index contributed by atoms with van der Waals surface area (Å²) < 4.78 is 20.2. The molecule has 0 bridgehead atoms. The number of ether oxygens (including phenoxy) is 3. The van der Waals surface area contributed by atoms with E-state index in [0.29, 0.717) is 11.5 Å². The van der Waals surface area contributed by atoms with Crippen LogP contribution in [0.3, 0.4) is 0 Å². The molecule has 0 saturated heterocycles. The first kappa shape index (κ1) is 33.5. The lowest BCUT2D eigenvalue weighted by Crippen LogP contribution is -2.34. The molecule has 6 aromatic rings. The highest BCUT2D eigenvalue weighted by molar-refractivity contribution is 6.01. The van der Waals surface area contributed by atoms with Gasteiger partial charge in [-0.25, -0.2) is 9.97 Å². The summed E-state index contributed by atoms with van der Waals surface area (Å²) in [4.78, 5) is 17.3. The average Bonchev–Trinajstić information content (AvgIpc) is 3.51. The number of rotatable bonds is 7. The third kappa shape index (κ3) is 4.83. The van der Waals surface area contributed by atoms with Gasteiger partial charge in [0.1, 0.15) is 17.1 Å². The van der Waals surface area contributed by atoms with Crippen LogP contribution in [0.15, 0.2) is 97.3 Å². The summed E-state index contributed by atoms with van der Waals surface area (Å²) in [7, 11) is 0. The van der Waals surface area contributed by atoms with Crippen LogP contribution in [0.2, 0.25) is 0 Å². The van der Waals surface area contributed by atoms with Gasteiger partial charge in [-0.05, 0) is 82.3 Å². The fourth-order valence-corrected chi connectivity index (χ4v) is 8.71. The van der Waals surface area contributed by atoms with E-state index in [2.05, 4.69) is 119 Å². The van der Waals surface area contributed by atoms with Crippen LogP contribution in [-0.4, -0.2) is 9.97 Å². The molecule has 10 rings (SSSR count). The Kier molecular flexibility index (Phi) is 7.47. The van der Waals surface area contributed by atoms with Crippen molar-refractivity contribution < 1.29 is 14.2 Å². The molecule has 0 amide bonds. The first-order valence-electron chi connectivity index (χ1n) is 19.4. The number of benzene rings is 5. The molecule has 0 N–H and O–H groups in total. The molecule has 5 heterocycles. The maximum Gasteiger partial charge on any atom is 0.199 e. The van der Waals surface area contributed by atoms with E-state index in [9.17, 15) is 0 Å². The molecule has 1 radical (unpaired) electrons. The van der Waals surface area contributed by atoms with Gasteiger partial charge in [-0.2, -0.15) is 0 Å². The van der Waals surface area contributed by atoms with Crippen LogP contribution < -0.4 is 28.9 Å². The lowest BCUT2D eigenvalue weighted by Gasteiger charge is -2.42. The van der Waals surface area contributed by atoms with Gasteiger partial charge in [0.25, 0.3) is 0 Å². The highest BCUT2D eigenvalue weighted by atomic mass is 16.5. The average molecular weight is 727 g/mol. The smallest absolute Gasteiger partial charge is 0.199 e. The minimum Gasteiger partial charge on any atom is -0.453 e. The first-order chi connectivity index (χ1) is 26.6. The molecule has 5 aromatic carbocycles. The van der Waals surface area contributed by atoms with Gasteiger partial charge < -0.3 is 14.2 Å². The Balaban J connectivity index is 1.29. The van der Waals surface area contributed by atoms with Crippen molar-refractivity contribution in [1.29, 1.82) is 0 Å². The summed E-state index contributed by atoms with van der Waals surface area (Å²) in [5, 5.41) is 0. The number of hydrogen-bond donors (Lipinski definition) is 0. The SMILES string of the molecule is CC(C)c1cccc(C(C)C)c1N1[C](c2cc3c4c(c2)Oc2cccc5c2N4c2c(cccc2O3)O5)N(c2c(C(C)C)cccc2C(C)C)c2nccnc21. The van der Waals surface area contributed by atoms with Gasteiger partial charge in [-0.15, -0.1) is 0 Å². The fourth-order valence-electron chi connectivity index (χ4n) is 8.71. The molecule has 0 unspecified atom stereocenters. The van der Waals surface area contributed by atoms with Crippen molar-refractivity contribution in [3.63, 3.8) is 0 Å². The van der Waals surface area contributed by atoms with Crippen LogP contribution in [0.5, 0.6) is 34.5 Å². The maximum absolute atomic E-state index is 6.87. The lowest BCUT2D eigenvalue weighted by molar-refractivity contribution is 0.417. The molecule has 1 aromatic heterocycles. The van der Waals surface area contributed by atoms with Crippen LogP contribution in [0, 0.1) is 6.17 Å². The molecule has 0 saturated carbocycles. The zero-order chi connectivity index (χ0) is 37.9. The van der Waals surface area contributed by atoms with E-state index >= 15 is 0 Å². The Morgan fingerprint density at radius 3 is 1.09 bits per heavy atom. The quantitative estimate of drug-likeness (QED) is 0.161. The van der Waals surface area contributed by atoms with Crippen molar-refractivity contribution in [3.8, 4) is 34.5 Å². The molecule has 0 atom stereocenters. The van der Waals surface area contributed by atoms with E-state index < -0.39 is 0 Å². The van der Waals surface area contributed by atoms with Crippen molar-refractivity contribution in [2.75, 3.05) is 14.7 Å². The van der Waals surface area contributed by atoms with Gasteiger partial charge in [0, 0.05) is 18.0 Å². The molecule has 4 aliphatic heterocycles. The number of fused-ring (bicyclic) bond motifs is 1. The lowest BCUT2D eigenvalue weighted by atomic mass is 9.90. The molecule has 0 fully saturated rings. The fraction of sp³-hybridized carbons (Fsp3) is 0.255. The number of anilines is 7. The van der Waals surface area contributed by atoms with Gasteiger partial charge in [0.2, 0.25) is 0 Å². The van der Waals surface area contributed by atoms with Crippen LogP contribution >= 0.6 is 0 Å². The second-order valence-corrected chi connectivity index (χ2v) is 16.1. The molecule has 0 spiro atoms. The molecular weight excluding hydrogens is 683 g/mol. The van der Waals surface area contributed by atoms with E-state index in [-0.39, 0.29) is 23.7 Å². The molecule has 8 heteroatoms. The van der Waals surface area contributed by atoms with Crippen LogP contribution in [0.4, 0.5) is 40.1 Å². The van der Waals surface area contributed by atoms with Crippen molar-refractivity contribution in [1.82, 2.24) is 9.97 Å². The van der Waals surface area contributed by atoms with E-state index in [1.54, 1.807) is 0 Å². The van der Waals surface area contributed by atoms with E-state index in [0.717, 1.165) is 74.8 Å². The molecular formula is C47H44N5O3. The molecule has 4 aliphatic rings. The van der Waals surface area contributed by atoms with E-state index in [4.69, 9.17) is 24.2 Å². The predicted molar refractivity (Wildman–Crippen MR) is 219 cm³/mol. The largest absolute Gasteiger partial charge is 0.453 e. The summed E-state index contributed by atoms with van der Waals surface area (Å²) in [5.41, 5.74) is 10.8. The summed E-state index contributed by atoms with van der Waals surface area (Å²) in [6.07, 6.45) is 4.54. The van der Waals surface area contributed by atoms with Gasteiger partial charge in [-0.1, -0.05) is 104 Å². The number of hydrogen-bond acceptors (Lipinski definition) is 8. The Hall–Kier alpha value is -6.02. The highest BCUT2D eigenvalue weighted by Gasteiger charge is 2.48. The second-order valence-electron chi connectivity index (χ2n) is 16.1. The van der Waals surface area contributed by atoms with Gasteiger partial charge >= 0.3 is 0 Å². The number of nitrogens with zero attached hydrogens (tertiary/aromatic N) is 5. The Morgan fingerprint density at radius 1 is 0.400 bits per heavy atom. The minimum absolute atomic E-state index is 0.243. The summed E-state index contributed by atoms with van der Waals surface area (Å²) in [6.45, 7) is 18.1. The third-order valence-electron chi connectivity index (χ3n) is 11.2. The molecule has 0 aliphatic carbocycles. The summed E-state index contributed by atoms with van der Waals surface area (Å²) in [5.74, 6) is 6.89. The van der Waals surface area contributed by atoms with Crippen LogP contribution in [-0.2, 0) is 0 Å². The summed E-state index contributed by atoms with van der Waals surface area (Å²) in [6, 6.07) is 29.7. The standard InChI is InChI=1S/C47H44N5O3/c1-25(2)30-13-9-14-31(26(3)4)40(30)51-45-46(49-22-21-48-45)52(41-32(27(5)6)15-10-16-33(41)28(7)8)47(51)29-23-38-44-39(24-29)55-37-20-12-18-35-43(37)50(44)42-34(53-35)17-11-19-36(42)54-38/h9-28H,1-8H3. The Morgan fingerprint density at radius 2 is 0.727 bits per heavy atom. The summed E-state index contributed by atoms with van der Waals surface area (Å²) >= 11 is 0. The predicted octanol–water partition coefficient (Wildman–Crippen LogP) is 13.6. The van der Waals surface area contributed by atoms with Crippen molar-refractivity contribution in [2.45, 2.75) is 79.1 Å². The Labute approximate surface area is 322 Å². The third-order valence-corrected chi connectivity index (χ3v) is 11.2. The van der Waals surface area contributed by atoms with Crippen LogP contribution in [0.25, 0.3) is 0 Å². The zero-order valence-electron chi connectivity index (χ0n) is 32.5. The van der Waals surface area contributed by atoms with Crippen molar-refractivity contribution in [3.05, 3.63) is 131 Å². The van der Waals surface area contributed by atoms with Crippen LogP contribution in [0.1, 0.15) is 107 Å². The normalized spacial score (nSPS) is 14.7. The first-order valence-corrected chi connectivity index (χ1v) is 19.4. The number of para-hydroxylation sites is 4. The molecule has 8 nitrogen and oxygen atoms in total. The Bertz CT molecular complexity index is 2320.